The van der Waals surface area contributed by atoms with Gasteiger partial charge in [-0.05, 0) is 37.8 Å². The molecule has 150 valence electrons. The number of carbonyl (C=O) groups is 1. The molecule has 1 aromatic carbocycles. The van der Waals surface area contributed by atoms with Crippen LogP contribution in [0.1, 0.15) is 42.5 Å². The molecule has 5 nitrogen and oxygen atoms in total. The van der Waals surface area contributed by atoms with Crippen molar-refractivity contribution < 1.29 is 23.1 Å². The second-order valence-electron chi connectivity index (χ2n) is 7.95. The number of amides is 1. The Morgan fingerprint density at radius 3 is 2.39 bits per heavy atom. The van der Waals surface area contributed by atoms with Gasteiger partial charge in [0.1, 0.15) is 0 Å². The van der Waals surface area contributed by atoms with Crippen LogP contribution in [0.4, 0.5) is 13.2 Å². The predicted molar refractivity (Wildman–Crippen MR) is 95.3 cm³/mol. The summed E-state index contributed by atoms with van der Waals surface area (Å²) in [5.74, 6) is -0.556. The number of benzene rings is 1. The van der Waals surface area contributed by atoms with Crippen LogP contribution in [-0.2, 0) is 29.8 Å². The maximum absolute atomic E-state index is 13.3. The molecule has 1 aliphatic heterocycles. The number of hydrogen-bond donors (Lipinski definition) is 1. The Hall–Kier alpha value is -2.35. The smallest absolute Gasteiger partial charge is 0.374 e. The van der Waals surface area contributed by atoms with Crippen molar-refractivity contribution in [1.29, 1.82) is 0 Å². The third kappa shape index (κ3) is 2.90. The molecule has 1 aliphatic carbocycles. The van der Waals surface area contributed by atoms with E-state index in [0.717, 1.165) is 0 Å². The molecular formula is C20H22F3N3O2. The molecule has 0 bridgehead atoms. The normalized spacial score (nSPS) is 21.9. The van der Waals surface area contributed by atoms with Gasteiger partial charge in [0.05, 0.1) is 24.5 Å². The van der Waals surface area contributed by atoms with E-state index in [0.29, 0.717) is 25.5 Å². The van der Waals surface area contributed by atoms with E-state index in [1.165, 1.54) is 21.9 Å². The first-order valence-corrected chi connectivity index (χ1v) is 9.31. The second kappa shape index (κ2) is 6.34. The Kier molecular flexibility index (Phi) is 4.30. The number of aliphatic hydroxyl groups is 1. The van der Waals surface area contributed by atoms with Crippen molar-refractivity contribution in [1.82, 2.24) is 14.5 Å². The number of halogens is 3. The van der Waals surface area contributed by atoms with Crippen LogP contribution in [0.25, 0.3) is 0 Å². The van der Waals surface area contributed by atoms with Crippen molar-refractivity contribution in [3.05, 3.63) is 53.1 Å². The van der Waals surface area contributed by atoms with Gasteiger partial charge >= 0.3 is 6.18 Å². The maximum atomic E-state index is 13.3. The minimum absolute atomic E-state index is 0.0135. The molecule has 28 heavy (non-hydrogen) atoms. The Morgan fingerprint density at radius 2 is 1.82 bits per heavy atom. The van der Waals surface area contributed by atoms with Crippen LogP contribution >= 0.6 is 0 Å². The highest BCUT2D eigenvalue weighted by molar-refractivity contribution is 5.80. The Balaban J connectivity index is 1.56. The zero-order valence-electron chi connectivity index (χ0n) is 15.7. The molecule has 1 aromatic heterocycles. The van der Waals surface area contributed by atoms with E-state index in [2.05, 4.69) is 4.98 Å². The first-order valence-electron chi connectivity index (χ1n) is 9.31. The van der Waals surface area contributed by atoms with E-state index in [1.54, 1.807) is 11.8 Å². The Bertz CT molecular complexity index is 895. The lowest BCUT2D eigenvalue weighted by molar-refractivity contribution is -0.263. The summed E-state index contributed by atoms with van der Waals surface area (Å²) in [7, 11) is 0. The van der Waals surface area contributed by atoms with Gasteiger partial charge in [0.15, 0.2) is 5.82 Å². The molecule has 4 rings (SSSR count). The summed E-state index contributed by atoms with van der Waals surface area (Å²) in [5, 5.41) is 10.0. The lowest BCUT2D eigenvalue weighted by Gasteiger charge is -2.37. The lowest BCUT2D eigenvalue weighted by atomic mass is 10.0. The molecular weight excluding hydrogens is 371 g/mol. The second-order valence-corrected chi connectivity index (χ2v) is 7.95. The summed E-state index contributed by atoms with van der Waals surface area (Å²) < 4.78 is 41.2. The maximum Gasteiger partial charge on any atom is 0.424 e. The molecule has 2 aliphatic rings. The van der Waals surface area contributed by atoms with Crippen LogP contribution in [0.3, 0.4) is 0 Å². The number of hydrogen-bond acceptors (Lipinski definition) is 3. The van der Waals surface area contributed by atoms with E-state index in [1.807, 2.05) is 24.3 Å². The van der Waals surface area contributed by atoms with Crippen molar-refractivity contribution >= 4 is 5.91 Å². The lowest BCUT2D eigenvalue weighted by Crippen LogP contribution is -2.46. The van der Waals surface area contributed by atoms with Crippen LogP contribution in [0.5, 0.6) is 0 Å². The number of fused-ring (bicyclic) bond motifs is 2. The van der Waals surface area contributed by atoms with Crippen molar-refractivity contribution in [2.45, 2.75) is 51.1 Å². The molecule has 0 spiro atoms. The SMILES string of the molecule is C[C@H]1CN(C(=O)C2Cc3ccccc3C2)Cc2cnc(C(C)(O)C(F)(F)F)n21. The zero-order valence-corrected chi connectivity index (χ0v) is 15.7. The van der Waals surface area contributed by atoms with E-state index in [-0.39, 0.29) is 24.9 Å². The summed E-state index contributed by atoms with van der Waals surface area (Å²) in [6.45, 7) is 2.93. The van der Waals surface area contributed by atoms with E-state index >= 15 is 0 Å². The standard InChI is InChI=1S/C20H22F3N3O2/c1-12-10-25(17(27)15-7-13-5-3-4-6-14(13)8-15)11-16-9-24-18(26(12)16)19(2,28)20(21,22)23/h3-6,9,12,15,28H,7-8,10-11H2,1-2H3/t12-,19?/m0/s1. The molecule has 2 aromatic rings. The molecule has 1 amide bonds. The Labute approximate surface area is 160 Å². The molecule has 0 saturated carbocycles. The fraction of sp³-hybridized carbons (Fsp3) is 0.500. The van der Waals surface area contributed by atoms with E-state index < -0.39 is 23.6 Å². The molecule has 2 atom stereocenters. The van der Waals surface area contributed by atoms with Gasteiger partial charge < -0.3 is 14.6 Å². The molecule has 1 unspecified atom stereocenters. The predicted octanol–water partition coefficient (Wildman–Crippen LogP) is 2.97. The number of carbonyl (C=O) groups excluding carboxylic acids is 1. The van der Waals surface area contributed by atoms with Gasteiger partial charge in [-0.3, -0.25) is 4.79 Å². The van der Waals surface area contributed by atoms with E-state index in [4.69, 9.17) is 0 Å². The summed E-state index contributed by atoms with van der Waals surface area (Å²) in [6, 6.07) is 7.56. The summed E-state index contributed by atoms with van der Waals surface area (Å²) in [6.07, 6.45) is -2.13. The van der Waals surface area contributed by atoms with Gasteiger partial charge in [-0.15, -0.1) is 0 Å². The van der Waals surface area contributed by atoms with Gasteiger partial charge in [-0.2, -0.15) is 13.2 Å². The van der Waals surface area contributed by atoms with Crippen LogP contribution in [0.15, 0.2) is 30.5 Å². The third-order valence-electron chi connectivity index (χ3n) is 5.85. The number of nitrogens with zero attached hydrogens (tertiary/aromatic N) is 3. The van der Waals surface area contributed by atoms with Crippen molar-refractivity contribution in [2.75, 3.05) is 6.54 Å². The highest BCUT2D eigenvalue weighted by Crippen LogP contribution is 2.40. The van der Waals surface area contributed by atoms with Crippen LogP contribution < -0.4 is 0 Å². The largest absolute Gasteiger partial charge is 0.424 e. The van der Waals surface area contributed by atoms with Gasteiger partial charge in [0, 0.05) is 12.5 Å². The first-order chi connectivity index (χ1) is 13.1. The fourth-order valence-electron chi connectivity index (χ4n) is 4.31. The number of imidazole rings is 1. The highest BCUT2D eigenvalue weighted by atomic mass is 19.4. The van der Waals surface area contributed by atoms with Crippen molar-refractivity contribution in [3.63, 3.8) is 0 Å². The first kappa shape index (κ1) is 19.0. The number of rotatable bonds is 2. The quantitative estimate of drug-likeness (QED) is 0.854. The molecule has 2 heterocycles. The topological polar surface area (TPSA) is 58.4 Å². The summed E-state index contributed by atoms with van der Waals surface area (Å²) in [5.41, 5.74) is -0.181. The van der Waals surface area contributed by atoms with Crippen LogP contribution in [0.2, 0.25) is 0 Å². The zero-order chi connectivity index (χ0) is 20.3. The molecule has 1 N–H and O–H groups in total. The van der Waals surface area contributed by atoms with Gasteiger partial charge in [0.2, 0.25) is 11.5 Å². The van der Waals surface area contributed by atoms with Gasteiger partial charge in [0.25, 0.3) is 0 Å². The minimum Gasteiger partial charge on any atom is -0.374 e. The minimum atomic E-state index is -4.84. The molecule has 0 saturated heterocycles. The third-order valence-corrected chi connectivity index (χ3v) is 5.85. The monoisotopic (exact) mass is 393 g/mol. The van der Waals surface area contributed by atoms with Crippen LogP contribution in [-0.4, -0.2) is 38.2 Å². The van der Waals surface area contributed by atoms with Gasteiger partial charge in [-0.25, -0.2) is 4.98 Å². The van der Waals surface area contributed by atoms with E-state index in [9.17, 15) is 23.1 Å². The molecule has 0 fully saturated rings. The van der Waals surface area contributed by atoms with Crippen LogP contribution in [0, 0.1) is 5.92 Å². The van der Waals surface area contributed by atoms with Crippen molar-refractivity contribution in [3.8, 4) is 0 Å². The average molecular weight is 393 g/mol. The molecule has 8 heteroatoms. The fourth-order valence-corrected chi connectivity index (χ4v) is 4.31. The number of aromatic nitrogens is 2. The molecule has 0 radical (unpaired) electrons. The highest BCUT2D eigenvalue weighted by Gasteiger charge is 2.55. The summed E-state index contributed by atoms with van der Waals surface area (Å²) in [4.78, 5) is 18.6. The Morgan fingerprint density at radius 1 is 1.21 bits per heavy atom. The number of alkyl halides is 3. The van der Waals surface area contributed by atoms with Crippen molar-refractivity contribution in [2.24, 2.45) is 5.92 Å². The van der Waals surface area contributed by atoms with Gasteiger partial charge in [-0.1, -0.05) is 24.3 Å². The summed E-state index contributed by atoms with van der Waals surface area (Å²) >= 11 is 0. The average Bonchev–Trinajstić information content (AvgIpc) is 3.24.